The molecule has 6 nitrogen and oxygen atoms in total. The fourth-order valence-corrected chi connectivity index (χ4v) is 5.55. The Morgan fingerprint density at radius 2 is 1.69 bits per heavy atom. The van der Waals surface area contributed by atoms with E-state index in [2.05, 4.69) is 0 Å². The van der Waals surface area contributed by atoms with Gasteiger partial charge in [0.25, 0.3) is 5.91 Å². The molecule has 1 heterocycles. The van der Waals surface area contributed by atoms with Gasteiger partial charge in [-0.1, -0.05) is 44.2 Å². The molecule has 1 aliphatic heterocycles. The molecule has 35 heavy (non-hydrogen) atoms. The number of nitrogens with one attached hydrogen (secondary N) is 1. The molecule has 0 saturated carbocycles. The maximum Gasteiger partial charge on any atom is 0.416 e. The van der Waals surface area contributed by atoms with Crippen LogP contribution in [-0.2, 0) is 32.8 Å². The smallest absolute Gasteiger partial charge is 0.289 e. The van der Waals surface area contributed by atoms with Gasteiger partial charge in [-0.2, -0.15) is 22.5 Å². The molecular formula is C24H31F3N2O4S2. The number of alkyl halides is 3. The average Bonchev–Trinajstić information content (AvgIpc) is 2.86. The van der Waals surface area contributed by atoms with E-state index < -0.39 is 33.5 Å². The number of benzene rings is 2. The summed E-state index contributed by atoms with van der Waals surface area (Å²) in [6.07, 6.45) is -2.91. The zero-order valence-electron chi connectivity index (χ0n) is 19.9. The van der Waals surface area contributed by atoms with Crippen molar-refractivity contribution in [1.82, 2.24) is 10.5 Å². The van der Waals surface area contributed by atoms with Crippen LogP contribution in [0, 0.1) is 0 Å². The summed E-state index contributed by atoms with van der Waals surface area (Å²) >= 11 is -0.573. The summed E-state index contributed by atoms with van der Waals surface area (Å²) in [5, 5.41) is 10.9. The molecule has 0 aromatic heterocycles. The number of nitrogens with zero attached hydrogens (tertiary/aromatic N) is 1. The van der Waals surface area contributed by atoms with Crippen molar-refractivity contribution in [3.05, 3.63) is 65.7 Å². The molecule has 2 aromatic rings. The fourth-order valence-electron chi connectivity index (χ4n) is 3.44. The molecule has 3 rings (SSSR count). The van der Waals surface area contributed by atoms with Gasteiger partial charge in [0.1, 0.15) is 0 Å². The second-order valence-electron chi connectivity index (χ2n) is 7.91. The summed E-state index contributed by atoms with van der Waals surface area (Å²) in [7, 11) is 0. The zero-order chi connectivity index (χ0) is 26.1. The van der Waals surface area contributed by atoms with Gasteiger partial charge in [0.2, 0.25) is 0 Å². The van der Waals surface area contributed by atoms with E-state index in [-0.39, 0.29) is 11.7 Å². The first-order chi connectivity index (χ1) is 16.6. The van der Waals surface area contributed by atoms with E-state index in [9.17, 15) is 27.4 Å². The summed E-state index contributed by atoms with van der Waals surface area (Å²) < 4.78 is 55.2. The van der Waals surface area contributed by atoms with Crippen molar-refractivity contribution in [1.29, 1.82) is 0 Å². The Morgan fingerprint density at radius 3 is 2.20 bits per heavy atom. The van der Waals surface area contributed by atoms with Gasteiger partial charge in [-0.3, -0.25) is 10.0 Å². The number of carbonyl (C=O) groups excluding carboxylic acids is 1. The van der Waals surface area contributed by atoms with Crippen LogP contribution in [0.25, 0.3) is 0 Å². The van der Waals surface area contributed by atoms with Crippen LogP contribution in [0.4, 0.5) is 13.2 Å². The molecule has 194 valence electrons. The van der Waals surface area contributed by atoms with Gasteiger partial charge in [-0.05, 0) is 49.6 Å². The third kappa shape index (κ3) is 8.32. The third-order valence-electron chi connectivity index (χ3n) is 5.39. The Kier molecular flexibility index (Phi) is 11.2. The van der Waals surface area contributed by atoms with Crippen molar-refractivity contribution in [2.24, 2.45) is 0 Å². The van der Waals surface area contributed by atoms with Crippen LogP contribution < -0.4 is 5.48 Å². The van der Waals surface area contributed by atoms with Gasteiger partial charge < -0.3 is 0 Å². The Hall–Kier alpha value is -1.92. The molecule has 0 spiro atoms. The minimum Gasteiger partial charge on any atom is -0.289 e. The highest BCUT2D eigenvalue weighted by Crippen LogP contribution is 2.34. The lowest BCUT2D eigenvalue weighted by Crippen LogP contribution is -2.51. The maximum absolute atomic E-state index is 13.0. The number of hydrogen-bond donors (Lipinski definition) is 2. The van der Waals surface area contributed by atoms with Crippen molar-refractivity contribution >= 4 is 28.7 Å². The number of rotatable bonds is 8. The van der Waals surface area contributed by atoms with Crippen LogP contribution in [0.1, 0.15) is 44.7 Å². The first kappa shape index (κ1) is 29.3. The minimum absolute atomic E-state index is 0.104. The molecule has 1 amide bonds. The normalized spacial score (nSPS) is 17.6. The fraction of sp³-hybridized carbons (Fsp3) is 0.458. The van der Waals surface area contributed by atoms with Crippen molar-refractivity contribution in [3.63, 3.8) is 0 Å². The van der Waals surface area contributed by atoms with Crippen molar-refractivity contribution in [3.8, 4) is 0 Å². The van der Waals surface area contributed by atoms with Crippen molar-refractivity contribution in [2.45, 2.75) is 61.1 Å². The van der Waals surface area contributed by atoms with Crippen LogP contribution >= 0.6 is 11.8 Å². The zero-order valence-corrected chi connectivity index (χ0v) is 21.5. The van der Waals surface area contributed by atoms with Gasteiger partial charge in [0.05, 0.1) is 5.56 Å². The number of thioether (sulfide) groups is 1. The lowest BCUT2D eigenvalue weighted by atomic mass is 10.00. The number of piperidine rings is 1. The summed E-state index contributed by atoms with van der Waals surface area (Å²) in [5.74, 6) is -0.808. The standard InChI is InChI=1S/C22H25F3N2O4S2.C2H6/c1-21(20(28)26-29,15-16-5-3-2-4-6-16)33(30)31-27-13-11-19(12-14-27)32-18-9-7-17(8-10-18)22(23,24)25;1-2/h2-10,19,29H,11-15H2,1H3,(H,26,28);1-2H3. The minimum atomic E-state index is -4.36. The SMILES string of the molecule is CC.CC(Cc1ccccc1)(C(=O)NO)S(=O)ON1CCC(Sc2ccc(C(F)(F)F)cc2)CC1. The summed E-state index contributed by atoms with van der Waals surface area (Å²) in [5.41, 5.74) is 1.68. The van der Waals surface area contributed by atoms with E-state index in [0.717, 1.165) is 22.6 Å². The monoisotopic (exact) mass is 532 g/mol. The van der Waals surface area contributed by atoms with Gasteiger partial charge in [0, 0.05) is 29.7 Å². The second-order valence-corrected chi connectivity index (χ2v) is 10.8. The van der Waals surface area contributed by atoms with Gasteiger partial charge in [-0.25, -0.2) is 9.69 Å². The van der Waals surface area contributed by atoms with E-state index >= 15 is 0 Å². The summed E-state index contributed by atoms with van der Waals surface area (Å²) in [6.45, 7) is 6.37. The van der Waals surface area contributed by atoms with Crippen LogP contribution in [-0.4, -0.2) is 43.5 Å². The van der Waals surface area contributed by atoms with Crippen molar-refractivity contribution < 1.29 is 31.7 Å². The molecule has 1 saturated heterocycles. The Bertz CT molecular complexity index is 953. The second kappa shape index (κ2) is 13.4. The Balaban J connectivity index is 0.00000210. The predicted molar refractivity (Wildman–Crippen MR) is 131 cm³/mol. The summed E-state index contributed by atoms with van der Waals surface area (Å²) in [6, 6.07) is 14.1. The quantitative estimate of drug-likeness (QED) is 0.351. The molecule has 2 unspecified atom stereocenters. The van der Waals surface area contributed by atoms with Crippen LogP contribution in [0.3, 0.4) is 0 Å². The van der Waals surface area contributed by atoms with E-state index in [4.69, 9.17) is 4.28 Å². The molecule has 2 aromatic carbocycles. The van der Waals surface area contributed by atoms with E-state index in [0.29, 0.717) is 25.9 Å². The Morgan fingerprint density at radius 1 is 1.11 bits per heavy atom. The Labute approximate surface area is 210 Å². The molecule has 2 atom stereocenters. The largest absolute Gasteiger partial charge is 0.416 e. The summed E-state index contributed by atoms with van der Waals surface area (Å²) in [4.78, 5) is 13.1. The van der Waals surface area contributed by atoms with E-state index in [1.807, 2.05) is 19.9 Å². The molecule has 2 N–H and O–H groups in total. The van der Waals surface area contributed by atoms with Gasteiger partial charge in [0.15, 0.2) is 15.8 Å². The van der Waals surface area contributed by atoms with Crippen molar-refractivity contribution in [2.75, 3.05) is 13.1 Å². The molecule has 0 aliphatic carbocycles. The first-order valence-electron chi connectivity index (χ1n) is 11.3. The molecule has 11 heteroatoms. The predicted octanol–water partition coefficient (Wildman–Crippen LogP) is 5.39. The molecule has 1 aliphatic rings. The van der Waals surface area contributed by atoms with E-state index in [1.165, 1.54) is 35.9 Å². The number of hydroxylamine groups is 3. The molecule has 1 fully saturated rings. The van der Waals surface area contributed by atoms with Crippen LogP contribution in [0.2, 0.25) is 0 Å². The topological polar surface area (TPSA) is 78.9 Å². The highest BCUT2D eigenvalue weighted by molar-refractivity contribution is 8.00. The number of amides is 1. The highest BCUT2D eigenvalue weighted by Gasteiger charge is 2.43. The molecule has 0 bridgehead atoms. The lowest BCUT2D eigenvalue weighted by Gasteiger charge is -2.33. The van der Waals surface area contributed by atoms with Crippen LogP contribution in [0.15, 0.2) is 59.5 Å². The number of carbonyl (C=O) groups is 1. The molecular weight excluding hydrogens is 501 g/mol. The van der Waals surface area contributed by atoms with Crippen LogP contribution in [0.5, 0.6) is 0 Å². The number of halogens is 3. The average molecular weight is 533 g/mol. The van der Waals surface area contributed by atoms with Gasteiger partial charge >= 0.3 is 6.18 Å². The number of hydrogen-bond acceptors (Lipinski definition) is 6. The lowest BCUT2D eigenvalue weighted by molar-refractivity contribution is -0.137. The highest BCUT2D eigenvalue weighted by atomic mass is 32.2. The van der Waals surface area contributed by atoms with E-state index in [1.54, 1.807) is 29.7 Å². The first-order valence-corrected chi connectivity index (χ1v) is 13.2. The maximum atomic E-state index is 13.0. The van der Waals surface area contributed by atoms with Gasteiger partial charge in [-0.15, -0.1) is 11.8 Å². The molecule has 0 radical (unpaired) electrons. The third-order valence-corrected chi connectivity index (χ3v) is 8.15.